The van der Waals surface area contributed by atoms with Crippen molar-refractivity contribution < 1.29 is 13.9 Å². The van der Waals surface area contributed by atoms with E-state index in [1.165, 1.54) is 23.3 Å². The zero-order valence-electron chi connectivity index (χ0n) is 23.7. The van der Waals surface area contributed by atoms with Crippen LogP contribution in [0.2, 0.25) is 0 Å². The number of halogens is 1. The van der Waals surface area contributed by atoms with Crippen molar-refractivity contribution in [2.75, 3.05) is 17.2 Å². The van der Waals surface area contributed by atoms with Crippen LogP contribution in [0.15, 0.2) is 79.5 Å². The summed E-state index contributed by atoms with van der Waals surface area (Å²) in [7, 11) is 1.83. The van der Waals surface area contributed by atoms with E-state index in [-0.39, 0.29) is 11.7 Å². The van der Waals surface area contributed by atoms with Crippen molar-refractivity contribution >= 4 is 17.4 Å². The van der Waals surface area contributed by atoms with E-state index in [1.54, 1.807) is 35.3 Å². The van der Waals surface area contributed by atoms with Crippen LogP contribution < -0.4 is 20.7 Å². The molecular weight excluding hydrogens is 533 g/mol. The van der Waals surface area contributed by atoms with Crippen LogP contribution in [-0.2, 0) is 20.0 Å². The van der Waals surface area contributed by atoms with Crippen molar-refractivity contribution in [3.63, 3.8) is 0 Å². The lowest BCUT2D eigenvalue weighted by Gasteiger charge is -2.18. The molecule has 0 bridgehead atoms. The molecule has 0 atom stereocenters. The number of anilines is 2. The molecule has 10 heteroatoms. The molecule has 1 aliphatic heterocycles. The van der Waals surface area contributed by atoms with E-state index in [4.69, 9.17) is 4.74 Å². The number of benzene rings is 2. The van der Waals surface area contributed by atoms with Gasteiger partial charge in [0, 0.05) is 67.7 Å². The molecule has 3 aromatic heterocycles. The second-order valence-electron chi connectivity index (χ2n) is 10.6. The van der Waals surface area contributed by atoms with Gasteiger partial charge < -0.3 is 25.3 Å². The van der Waals surface area contributed by atoms with Gasteiger partial charge in [-0.05, 0) is 61.7 Å². The number of fused-ring (bicyclic) bond motifs is 1. The minimum absolute atomic E-state index is 0.0387. The molecule has 42 heavy (non-hydrogen) atoms. The van der Waals surface area contributed by atoms with Crippen LogP contribution in [0.5, 0.6) is 11.5 Å². The third-order valence-corrected chi connectivity index (χ3v) is 7.25. The Bertz CT molecular complexity index is 1760. The molecule has 0 saturated carbocycles. The summed E-state index contributed by atoms with van der Waals surface area (Å²) < 4.78 is 24.7. The van der Waals surface area contributed by atoms with Crippen molar-refractivity contribution in [3.8, 4) is 33.9 Å². The number of ether oxygens (including phenoxy) is 1. The van der Waals surface area contributed by atoms with E-state index in [0.717, 1.165) is 36.2 Å². The quantitative estimate of drug-likeness (QED) is 0.203. The number of hydrogen-bond acceptors (Lipinski definition) is 5. The van der Waals surface area contributed by atoms with Gasteiger partial charge in [0.05, 0.1) is 23.3 Å². The van der Waals surface area contributed by atoms with Crippen molar-refractivity contribution in [2.45, 2.75) is 32.9 Å². The minimum Gasteiger partial charge on any atom is -0.457 e. The summed E-state index contributed by atoms with van der Waals surface area (Å²) in [6.07, 6.45) is 10.1. The first-order chi connectivity index (χ1) is 20.3. The highest BCUT2D eigenvalue weighted by molar-refractivity contribution is 6.02. The average molecular weight is 566 g/mol. The van der Waals surface area contributed by atoms with Crippen LogP contribution in [0.1, 0.15) is 31.0 Å². The highest BCUT2D eigenvalue weighted by atomic mass is 19.1. The minimum atomic E-state index is -0.618. The van der Waals surface area contributed by atoms with Crippen LogP contribution in [0.3, 0.4) is 0 Å². The summed E-state index contributed by atoms with van der Waals surface area (Å²) in [6, 6.07) is 13.8. The molecule has 0 aliphatic carbocycles. The average Bonchev–Trinajstić information content (AvgIpc) is 3.61. The lowest BCUT2D eigenvalue weighted by Crippen LogP contribution is -2.23. The maximum absolute atomic E-state index is 15.1. The lowest BCUT2D eigenvalue weighted by molar-refractivity contribution is 0.262. The SMILES string of the molecule is CC(C)n1cc(NC(=O)Nc2ccc(Oc3ccnc(-c4cnn(C)c4)c3)cc2F)c(-c2ccc3c(c2)CCNC3)c1. The van der Waals surface area contributed by atoms with Crippen molar-refractivity contribution in [1.29, 1.82) is 0 Å². The molecule has 0 radical (unpaired) electrons. The van der Waals surface area contributed by atoms with Gasteiger partial charge in [-0.1, -0.05) is 18.2 Å². The molecule has 4 heterocycles. The molecule has 5 aromatic rings. The molecule has 0 unspecified atom stereocenters. The fraction of sp³-hybridized carbons (Fsp3) is 0.219. The smallest absolute Gasteiger partial charge is 0.323 e. The first kappa shape index (κ1) is 27.2. The Balaban J connectivity index is 1.16. The Hall–Kier alpha value is -4.96. The third-order valence-electron chi connectivity index (χ3n) is 7.25. The number of aryl methyl sites for hydroxylation is 1. The number of urea groups is 1. The standard InChI is InChI=1S/C32H32FN7O2/c1-20(2)40-18-27(22-4-5-23-15-34-10-8-21(23)12-22)31(19-40)38-32(41)37-29-7-6-25(13-28(29)33)42-26-9-11-35-30(14-26)24-16-36-39(3)17-24/h4-7,9,11-14,16-20,34H,8,10,15H2,1-3H3,(H2,37,38,41). The van der Waals surface area contributed by atoms with E-state index in [0.29, 0.717) is 22.9 Å². The number of rotatable bonds is 7. The van der Waals surface area contributed by atoms with Crippen LogP contribution in [-0.4, -0.2) is 31.9 Å². The number of amides is 2. The van der Waals surface area contributed by atoms with E-state index < -0.39 is 11.8 Å². The van der Waals surface area contributed by atoms with Gasteiger partial charge in [0.25, 0.3) is 0 Å². The second-order valence-corrected chi connectivity index (χ2v) is 10.6. The molecule has 0 fully saturated rings. The first-order valence-electron chi connectivity index (χ1n) is 13.9. The Kier molecular flexibility index (Phi) is 7.45. The maximum atomic E-state index is 15.1. The molecule has 0 spiro atoms. The van der Waals surface area contributed by atoms with Crippen molar-refractivity contribution in [2.24, 2.45) is 7.05 Å². The molecule has 9 nitrogen and oxygen atoms in total. The summed E-state index contributed by atoms with van der Waals surface area (Å²) in [5.41, 5.74) is 6.76. The summed E-state index contributed by atoms with van der Waals surface area (Å²) >= 11 is 0. The molecular formula is C32H32FN7O2. The van der Waals surface area contributed by atoms with Crippen LogP contribution in [0, 0.1) is 5.82 Å². The number of carbonyl (C=O) groups excluding carboxylic acids is 1. The van der Waals surface area contributed by atoms with Gasteiger partial charge in [-0.2, -0.15) is 5.10 Å². The van der Waals surface area contributed by atoms with E-state index >= 15 is 4.39 Å². The van der Waals surface area contributed by atoms with Gasteiger partial charge in [0.2, 0.25) is 0 Å². The predicted octanol–water partition coefficient (Wildman–Crippen LogP) is 6.75. The summed E-state index contributed by atoms with van der Waals surface area (Å²) in [6.45, 7) is 5.97. The van der Waals surface area contributed by atoms with Gasteiger partial charge in [0.1, 0.15) is 17.3 Å². The zero-order chi connectivity index (χ0) is 29.2. The maximum Gasteiger partial charge on any atom is 0.323 e. The van der Waals surface area contributed by atoms with Gasteiger partial charge >= 0.3 is 6.03 Å². The number of nitrogens with one attached hydrogen (secondary N) is 3. The molecule has 0 saturated heterocycles. The van der Waals surface area contributed by atoms with E-state index in [9.17, 15) is 4.79 Å². The van der Waals surface area contributed by atoms with Crippen LogP contribution in [0.25, 0.3) is 22.4 Å². The van der Waals surface area contributed by atoms with Crippen LogP contribution in [0.4, 0.5) is 20.6 Å². The predicted molar refractivity (Wildman–Crippen MR) is 161 cm³/mol. The number of pyridine rings is 1. The van der Waals surface area contributed by atoms with E-state index in [1.807, 2.05) is 25.6 Å². The summed E-state index contributed by atoms with van der Waals surface area (Å²) in [4.78, 5) is 17.4. The zero-order valence-corrected chi connectivity index (χ0v) is 23.7. The Morgan fingerprint density at radius 1 is 0.976 bits per heavy atom. The van der Waals surface area contributed by atoms with Gasteiger partial charge in [0.15, 0.2) is 0 Å². The highest BCUT2D eigenvalue weighted by Gasteiger charge is 2.17. The monoisotopic (exact) mass is 565 g/mol. The summed E-state index contributed by atoms with van der Waals surface area (Å²) in [5, 5.41) is 13.1. The molecule has 6 rings (SSSR count). The van der Waals surface area contributed by atoms with E-state index in [2.05, 4.69) is 62.6 Å². The summed E-state index contributed by atoms with van der Waals surface area (Å²) in [5.74, 6) is 0.176. The lowest BCUT2D eigenvalue weighted by atomic mass is 9.96. The second kappa shape index (κ2) is 11.5. The van der Waals surface area contributed by atoms with Crippen molar-refractivity contribution in [3.05, 3.63) is 96.5 Å². The number of nitrogens with zero attached hydrogens (tertiary/aromatic N) is 4. The Morgan fingerprint density at radius 2 is 1.81 bits per heavy atom. The Labute approximate surface area is 243 Å². The molecule has 2 aromatic carbocycles. The largest absolute Gasteiger partial charge is 0.457 e. The topological polar surface area (TPSA) is 98.0 Å². The first-order valence-corrected chi connectivity index (χ1v) is 13.9. The fourth-order valence-electron chi connectivity index (χ4n) is 5.01. The van der Waals surface area contributed by atoms with Crippen molar-refractivity contribution in [1.82, 2.24) is 24.6 Å². The van der Waals surface area contributed by atoms with Gasteiger partial charge in [-0.25, -0.2) is 9.18 Å². The van der Waals surface area contributed by atoms with Gasteiger partial charge in [-0.15, -0.1) is 0 Å². The molecule has 1 aliphatic rings. The Morgan fingerprint density at radius 3 is 2.60 bits per heavy atom. The number of carbonyl (C=O) groups is 1. The normalized spacial score (nSPS) is 12.7. The van der Waals surface area contributed by atoms with Gasteiger partial charge in [-0.3, -0.25) is 9.67 Å². The molecule has 3 N–H and O–H groups in total. The third kappa shape index (κ3) is 5.89. The molecule has 2 amide bonds. The molecule has 214 valence electrons. The number of hydrogen-bond donors (Lipinski definition) is 3. The fourth-order valence-corrected chi connectivity index (χ4v) is 5.01. The number of aromatic nitrogens is 4. The van der Waals surface area contributed by atoms with Crippen LogP contribution >= 0.6 is 0 Å². The highest BCUT2D eigenvalue weighted by Crippen LogP contribution is 2.33.